The fraction of sp³-hybridized carbons (Fsp3) is 0. The van der Waals surface area contributed by atoms with Gasteiger partial charge >= 0.3 is 0 Å². The van der Waals surface area contributed by atoms with Gasteiger partial charge in [0.1, 0.15) is 22.8 Å². The fourth-order valence-corrected chi connectivity index (χ4v) is 9.39. The minimum Gasteiger partial charge on any atom is -0.455 e. The van der Waals surface area contributed by atoms with E-state index in [1.54, 1.807) is 0 Å². The number of aromatic nitrogens is 3. The Morgan fingerprint density at radius 1 is 0.406 bits per heavy atom. The molecule has 9 aromatic carbocycles. The summed E-state index contributed by atoms with van der Waals surface area (Å²) in [5.41, 5.74) is 15.0. The van der Waals surface area contributed by atoms with Crippen LogP contribution in [0.1, 0.15) is 5.56 Å². The zero-order chi connectivity index (χ0) is 42.6. The van der Waals surface area contributed by atoms with E-state index in [1.807, 2.05) is 78.9 Å². The van der Waals surface area contributed by atoms with Crippen molar-refractivity contribution >= 4 is 43.7 Å². The second-order valence-electron chi connectivity index (χ2n) is 16.0. The van der Waals surface area contributed by atoms with E-state index in [2.05, 4.69) is 150 Å². The largest absolute Gasteiger partial charge is 0.455 e. The number of nitrogens with zero attached hydrogens (tertiary/aromatic N) is 4. The van der Waals surface area contributed by atoms with Crippen molar-refractivity contribution in [1.29, 1.82) is 5.26 Å². The lowest BCUT2D eigenvalue weighted by Gasteiger charge is -2.21. The Morgan fingerprint density at radius 3 is 1.56 bits per heavy atom. The van der Waals surface area contributed by atoms with Gasteiger partial charge in [0, 0.05) is 44.0 Å². The molecule has 0 N–H and O–H groups in total. The zero-order valence-electron chi connectivity index (χ0n) is 34.5. The van der Waals surface area contributed by atoms with Crippen LogP contribution in [0.4, 0.5) is 0 Å². The molecule has 0 amide bonds. The van der Waals surface area contributed by atoms with Crippen molar-refractivity contribution in [2.24, 2.45) is 0 Å². The third kappa shape index (κ3) is 6.00. The minimum absolute atomic E-state index is 0.425. The standard InChI is InChI=1S/C59H36N4O/c60-37-49-55(41-25-12-4-13-26-41)61-59(62-56(49)42-27-14-5-15-28-42)48-35-43(38-19-6-1-7-20-38)36-52(53(48)40-23-10-3-11-24-40)63-50-32-17-16-29-47(50)54-51(63)34-33-46-45-31-18-30-44(57(45)64-58(46)54)39-21-8-2-9-22-39/h1-36H. The molecule has 64 heavy (non-hydrogen) atoms. The van der Waals surface area contributed by atoms with E-state index in [1.165, 1.54) is 0 Å². The van der Waals surface area contributed by atoms with Crippen LogP contribution >= 0.6 is 0 Å². The molecular weight excluding hydrogens is 781 g/mol. The van der Waals surface area contributed by atoms with Crippen LogP contribution in [0.25, 0.3) is 117 Å². The predicted molar refractivity (Wildman–Crippen MR) is 261 cm³/mol. The van der Waals surface area contributed by atoms with Gasteiger partial charge in [0.25, 0.3) is 0 Å². The summed E-state index contributed by atoms with van der Waals surface area (Å²) in [5.74, 6) is 0.517. The Hall–Kier alpha value is -8.85. The van der Waals surface area contributed by atoms with Crippen LogP contribution in [-0.2, 0) is 0 Å². The molecule has 0 bridgehead atoms. The van der Waals surface area contributed by atoms with E-state index in [9.17, 15) is 5.26 Å². The summed E-state index contributed by atoms with van der Waals surface area (Å²) in [6.45, 7) is 0. The van der Waals surface area contributed by atoms with Crippen molar-refractivity contribution in [2.75, 3.05) is 0 Å². The topological polar surface area (TPSA) is 67.6 Å². The molecule has 12 aromatic rings. The van der Waals surface area contributed by atoms with Crippen molar-refractivity contribution in [3.8, 4) is 79.0 Å². The first-order chi connectivity index (χ1) is 31.7. The van der Waals surface area contributed by atoms with Gasteiger partial charge in [-0.1, -0.05) is 188 Å². The number of fused-ring (bicyclic) bond motifs is 7. The molecule has 0 unspecified atom stereocenters. The van der Waals surface area contributed by atoms with Crippen LogP contribution in [0.3, 0.4) is 0 Å². The van der Waals surface area contributed by atoms with E-state index in [-0.39, 0.29) is 0 Å². The van der Waals surface area contributed by atoms with Gasteiger partial charge in [-0.3, -0.25) is 0 Å². The molecule has 12 rings (SSSR count). The lowest BCUT2D eigenvalue weighted by Crippen LogP contribution is -2.05. The number of para-hydroxylation sites is 2. The van der Waals surface area contributed by atoms with Gasteiger partial charge in [0.05, 0.1) is 33.5 Å². The van der Waals surface area contributed by atoms with Gasteiger partial charge in [-0.25, -0.2) is 9.97 Å². The summed E-state index contributed by atoms with van der Waals surface area (Å²) in [6.07, 6.45) is 0. The first-order valence-corrected chi connectivity index (χ1v) is 21.4. The Morgan fingerprint density at radius 2 is 0.938 bits per heavy atom. The van der Waals surface area contributed by atoms with E-state index in [0.29, 0.717) is 22.8 Å². The number of rotatable bonds is 7. The molecule has 298 valence electrons. The average molecular weight is 817 g/mol. The molecule has 0 radical (unpaired) electrons. The average Bonchev–Trinajstić information content (AvgIpc) is 3.93. The van der Waals surface area contributed by atoms with Crippen LogP contribution in [0, 0.1) is 11.3 Å². The number of furan rings is 1. The quantitative estimate of drug-likeness (QED) is 0.161. The summed E-state index contributed by atoms with van der Waals surface area (Å²) >= 11 is 0. The predicted octanol–water partition coefficient (Wildman–Crippen LogP) is 15.3. The van der Waals surface area contributed by atoms with Crippen LogP contribution in [0.2, 0.25) is 0 Å². The molecule has 0 fully saturated rings. The Kier molecular flexibility index (Phi) is 8.81. The second kappa shape index (κ2) is 15.3. The summed E-state index contributed by atoms with van der Waals surface area (Å²) in [6, 6.07) is 77.8. The maximum atomic E-state index is 10.8. The first-order valence-electron chi connectivity index (χ1n) is 21.4. The Bertz CT molecular complexity index is 3700. The number of benzene rings is 9. The molecule has 5 heteroatoms. The highest BCUT2D eigenvalue weighted by Gasteiger charge is 2.26. The lowest BCUT2D eigenvalue weighted by molar-refractivity contribution is 0.674. The highest BCUT2D eigenvalue weighted by Crippen LogP contribution is 2.47. The Balaban J connectivity index is 1.22. The van der Waals surface area contributed by atoms with Gasteiger partial charge in [-0.2, -0.15) is 5.26 Å². The van der Waals surface area contributed by atoms with E-state index in [4.69, 9.17) is 14.4 Å². The van der Waals surface area contributed by atoms with E-state index in [0.717, 1.165) is 99.5 Å². The summed E-state index contributed by atoms with van der Waals surface area (Å²) < 4.78 is 9.46. The summed E-state index contributed by atoms with van der Waals surface area (Å²) in [7, 11) is 0. The molecule has 0 spiro atoms. The molecule has 0 aliphatic carbocycles. The first kappa shape index (κ1) is 37.0. The van der Waals surface area contributed by atoms with E-state index >= 15 is 0 Å². The fourth-order valence-electron chi connectivity index (χ4n) is 9.39. The maximum absolute atomic E-state index is 10.8. The third-order valence-corrected chi connectivity index (χ3v) is 12.3. The van der Waals surface area contributed by atoms with Crippen LogP contribution in [0.5, 0.6) is 0 Å². The number of nitriles is 1. The molecular formula is C59H36N4O. The van der Waals surface area contributed by atoms with Crippen LogP contribution in [-0.4, -0.2) is 14.5 Å². The molecule has 0 atom stereocenters. The lowest BCUT2D eigenvalue weighted by atomic mass is 9.91. The number of hydrogen-bond donors (Lipinski definition) is 0. The molecule has 3 heterocycles. The van der Waals surface area contributed by atoms with Crippen molar-refractivity contribution in [2.45, 2.75) is 0 Å². The third-order valence-electron chi connectivity index (χ3n) is 12.3. The zero-order valence-corrected chi connectivity index (χ0v) is 34.5. The van der Waals surface area contributed by atoms with Crippen molar-refractivity contribution < 1.29 is 4.42 Å². The Labute approximate surface area is 369 Å². The SMILES string of the molecule is N#Cc1c(-c2ccccc2)nc(-c2cc(-c3ccccc3)cc(-n3c4ccccc4c4c5oc6c(-c7ccccc7)cccc6c5ccc43)c2-c2ccccc2)nc1-c1ccccc1. The van der Waals surface area contributed by atoms with Crippen molar-refractivity contribution in [1.82, 2.24) is 14.5 Å². The molecule has 3 aromatic heterocycles. The molecule has 0 saturated heterocycles. The molecule has 5 nitrogen and oxygen atoms in total. The highest BCUT2D eigenvalue weighted by atomic mass is 16.3. The summed E-state index contributed by atoms with van der Waals surface area (Å²) in [5, 5.41) is 15.1. The van der Waals surface area contributed by atoms with Crippen molar-refractivity contribution in [3.05, 3.63) is 224 Å². The maximum Gasteiger partial charge on any atom is 0.161 e. The van der Waals surface area contributed by atoms with E-state index < -0.39 is 0 Å². The van der Waals surface area contributed by atoms with Crippen LogP contribution < -0.4 is 0 Å². The van der Waals surface area contributed by atoms with Gasteiger partial charge in [-0.05, 0) is 52.6 Å². The normalized spacial score (nSPS) is 11.4. The number of hydrogen-bond acceptors (Lipinski definition) is 4. The molecule has 0 saturated carbocycles. The monoisotopic (exact) mass is 816 g/mol. The van der Waals surface area contributed by atoms with Gasteiger partial charge in [0.15, 0.2) is 5.82 Å². The van der Waals surface area contributed by atoms with Gasteiger partial charge in [-0.15, -0.1) is 0 Å². The highest BCUT2D eigenvalue weighted by molar-refractivity contribution is 6.25. The summed E-state index contributed by atoms with van der Waals surface area (Å²) in [4.78, 5) is 10.8. The van der Waals surface area contributed by atoms with Gasteiger partial charge in [0.2, 0.25) is 0 Å². The smallest absolute Gasteiger partial charge is 0.161 e. The minimum atomic E-state index is 0.425. The second-order valence-corrected chi connectivity index (χ2v) is 16.0. The van der Waals surface area contributed by atoms with Gasteiger partial charge < -0.3 is 8.98 Å². The van der Waals surface area contributed by atoms with Crippen LogP contribution in [0.15, 0.2) is 223 Å². The molecule has 0 aliphatic heterocycles. The van der Waals surface area contributed by atoms with Crippen molar-refractivity contribution in [3.63, 3.8) is 0 Å². The molecule has 0 aliphatic rings.